The molecule has 0 aliphatic rings. The Morgan fingerprint density at radius 1 is 1.17 bits per heavy atom. The van der Waals surface area contributed by atoms with Crippen molar-refractivity contribution in [2.75, 3.05) is 5.32 Å². The summed E-state index contributed by atoms with van der Waals surface area (Å²) in [5.74, 6) is -0.0606. The van der Waals surface area contributed by atoms with E-state index >= 15 is 0 Å². The molecule has 90 valence electrons. The summed E-state index contributed by atoms with van der Waals surface area (Å²) in [7, 11) is 0. The molecule has 0 saturated carbocycles. The van der Waals surface area contributed by atoms with Crippen molar-refractivity contribution >= 4 is 59.0 Å². The highest BCUT2D eigenvalue weighted by Gasteiger charge is 2.09. The third kappa shape index (κ3) is 1.91. The SMILES string of the molecule is CC(=O)Nc1cc2c(cc1Br)sc1ccccc12. The maximum atomic E-state index is 11.2. The van der Waals surface area contributed by atoms with Crippen LogP contribution in [0.3, 0.4) is 0 Å². The van der Waals surface area contributed by atoms with E-state index in [4.69, 9.17) is 0 Å². The highest BCUT2D eigenvalue weighted by molar-refractivity contribution is 9.10. The molecule has 0 fully saturated rings. The Balaban J connectivity index is 2.31. The molecule has 0 radical (unpaired) electrons. The lowest BCUT2D eigenvalue weighted by atomic mass is 10.1. The van der Waals surface area contributed by atoms with Crippen molar-refractivity contribution in [1.29, 1.82) is 0 Å². The van der Waals surface area contributed by atoms with Crippen molar-refractivity contribution in [3.05, 3.63) is 40.9 Å². The lowest BCUT2D eigenvalue weighted by Gasteiger charge is -2.05. The van der Waals surface area contributed by atoms with Crippen LogP contribution >= 0.6 is 27.3 Å². The molecule has 2 nitrogen and oxygen atoms in total. The number of benzene rings is 2. The fraction of sp³-hybridized carbons (Fsp3) is 0.0714. The molecule has 0 spiro atoms. The van der Waals surface area contributed by atoms with Crippen LogP contribution in [0.1, 0.15) is 6.92 Å². The first-order chi connectivity index (χ1) is 8.65. The van der Waals surface area contributed by atoms with E-state index in [1.807, 2.05) is 18.2 Å². The summed E-state index contributed by atoms with van der Waals surface area (Å²) in [6.07, 6.45) is 0. The monoisotopic (exact) mass is 319 g/mol. The number of nitrogens with one attached hydrogen (secondary N) is 1. The predicted molar refractivity (Wildman–Crippen MR) is 81.3 cm³/mol. The predicted octanol–water partition coefficient (Wildman–Crippen LogP) is 4.78. The molecule has 1 N–H and O–H groups in total. The van der Waals surface area contributed by atoms with E-state index in [1.54, 1.807) is 11.3 Å². The number of carbonyl (C=O) groups is 1. The summed E-state index contributed by atoms with van der Waals surface area (Å²) < 4.78 is 3.40. The Labute approximate surface area is 117 Å². The number of amides is 1. The van der Waals surface area contributed by atoms with Crippen molar-refractivity contribution in [2.45, 2.75) is 6.92 Å². The first-order valence-corrected chi connectivity index (χ1v) is 7.14. The van der Waals surface area contributed by atoms with Gasteiger partial charge in [0.05, 0.1) is 5.69 Å². The summed E-state index contributed by atoms with van der Waals surface area (Å²) in [5.41, 5.74) is 0.818. The molecule has 0 aliphatic carbocycles. The Morgan fingerprint density at radius 2 is 1.94 bits per heavy atom. The zero-order valence-electron chi connectivity index (χ0n) is 9.66. The van der Waals surface area contributed by atoms with Gasteiger partial charge in [-0.1, -0.05) is 18.2 Å². The van der Waals surface area contributed by atoms with Crippen molar-refractivity contribution < 1.29 is 4.79 Å². The van der Waals surface area contributed by atoms with Crippen LogP contribution in [-0.4, -0.2) is 5.91 Å². The fourth-order valence-electron chi connectivity index (χ4n) is 2.03. The third-order valence-electron chi connectivity index (χ3n) is 2.78. The van der Waals surface area contributed by atoms with Gasteiger partial charge in [0, 0.05) is 31.6 Å². The number of anilines is 1. The number of carbonyl (C=O) groups excluding carboxylic acids is 1. The molecule has 0 unspecified atom stereocenters. The molecule has 1 amide bonds. The molecular weight excluding hydrogens is 310 g/mol. The maximum absolute atomic E-state index is 11.2. The average molecular weight is 320 g/mol. The van der Waals surface area contributed by atoms with Crippen molar-refractivity contribution in [3.63, 3.8) is 0 Å². The van der Waals surface area contributed by atoms with E-state index < -0.39 is 0 Å². The number of halogens is 1. The largest absolute Gasteiger partial charge is 0.325 e. The molecule has 0 aliphatic heterocycles. The number of hydrogen-bond acceptors (Lipinski definition) is 2. The van der Waals surface area contributed by atoms with Gasteiger partial charge in [0.15, 0.2) is 0 Å². The van der Waals surface area contributed by atoms with E-state index in [1.165, 1.54) is 27.1 Å². The van der Waals surface area contributed by atoms with Crippen molar-refractivity contribution in [1.82, 2.24) is 0 Å². The molecule has 0 atom stereocenters. The number of hydrogen-bond donors (Lipinski definition) is 1. The van der Waals surface area contributed by atoms with Gasteiger partial charge in [0.25, 0.3) is 0 Å². The molecular formula is C14H10BrNOS. The second-order valence-corrected chi connectivity index (χ2v) is 6.05. The van der Waals surface area contributed by atoms with Crippen LogP contribution in [0.25, 0.3) is 20.2 Å². The van der Waals surface area contributed by atoms with Crippen LogP contribution in [0, 0.1) is 0 Å². The van der Waals surface area contributed by atoms with Crippen LogP contribution in [-0.2, 0) is 4.79 Å². The molecule has 3 rings (SSSR count). The van der Waals surface area contributed by atoms with E-state index in [-0.39, 0.29) is 5.91 Å². The van der Waals surface area contributed by atoms with Crippen LogP contribution in [0.15, 0.2) is 40.9 Å². The summed E-state index contributed by atoms with van der Waals surface area (Å²) in [5, 5.41) is 5.25. The van der Waals surface area contributed by atoms with Crippen molar-refractivity contribution in [3.8, 4) is 0 Å². The molecule has 3 aromatic rings. The van der Waals surface area contributed by atoms with Gasteiger partial charge < -0.3 is 5.32 Å². The van der Waals surface area contributed by atoms with Crippen LogP contribution in [0.4, 0.5) is 5.69 Å². The van der Waals surface area contributed by atoms with Gasteiger partial charge >= 0.3 is 0 Å². The fourth-order valence-corrected chi connectivity index (χ4v) is 3.75. The highest BCUT2D eigenvalue weighted by atomic mass is 79.9. The Morgan fingerprint density at radius 3 is 2.72 bits per heavy atom. The van der Waals surface area contributed by atoms with Gasteiger partial charge in [-0.05, 0) is 34.1 Å². The first-order valence-electron chi connectivity index (χ1n) is 5.53. The van der Waals surface area contributed by atoms with Gasteiger partial charge in [-0.2, -0.15) is 0 Å². The molecule has 0 bridgehead atoms. The second kappa shape index (κ2) is 4.37. The summed E-state index contributed by atoms with van der Waals surface area (Å²) in [6.45, 7) is 1.52. The topological polar surface area (TPSA) is 29.1 Å². The standard InChI is InChI=1S/C14H10BrNOS/c1-8(17)16-12-6-10-9-4-2-3-5-13(9)18-14(10)7-11(12)15/h2-7H,1H3,(H,16,17). The van der Waals surface area contributed by atoms with Gasteiger partial charge in [0.1, 0.15) is 0 Å². The highest BCUT2D eigenvalue weighted by Crippen LogP contribution is 2.38. The lowest BCUT2D eigenvalue weighted by molar-refractivity contribution is -0.114. The summed E-state index contributed by atoms with van der Waals surface area (Å²) >= 11 is 5.26. The van der Waals surface area contributed by atoms with Gasteiger partial charge in [-0.15, -0.1) is 11.3 Å². The molecule has 0 saturated heterocycles. The van der Waals surface area contributed by atoms with E-state index in [2.05, 4.69) is 39.4 Å². The lowest BCUT2D eigenvalue weighted by Crippen LogP contribution is -2.05. The second-order valence-electron chi connectivity index (χ2n) is 4.11. The van der Waals surface area contributed by atoms with Crippen molar-refractivity contribution in [2.24, 2.45) is 0 Å². The zero-order valence-corrected chi connectivity index (χ0v) is 12.1. The zero-order chi connectivity index (χ0) is 12.7. The molecule has 1 aromatic heterocycles. The van der Waals surface area contributed by atoms with E-state index in [0.717, 1.165) is 10.2 Å². The normalized spacial score (nSPS) is 11.0. The van der Waals surface area contributed by atoms with Crippen LogP contribution < -0.4 is 5.32 Å². The Kier molecular flexibility index (Phi) is 2.84. The van der Waals surface area contributed by atoms with E-state index in [9.17, 15) is 4.79 Å². The Hall–Kier alpha value is -1.39. The van der Waals surface area contributed by atoms with Crippen LogP contribution in [0.2, 0.25) is 0 Å². The van der Waals surface area contributed by atoms with Crippen LogP contribution in [0.5, 0.6) is 0 Å². The average Bonchev–Trinajstić information content (AvgIpc) is 2.66. The molecule has 18 heavy (non-hydrogen) atoms. The van der Waals surface area contributed by atoms with Gasteiger partial charge in [-0.25, -0.2) is 0 Å². The molecule has 2 aromatic carbocycles. The maximum Gasteiger partial charge on any atom is 0.221 e. The minimum Gasteiger partial charge on any atom is -0.325 e. The minimum absolute atomic E-state index is 0.0606. The summed E-state index contributed by atoms with van der Waals surface area (Å²) in [4.78, 5) is 11.2. The molecule has 1 heterocycles. The van der Waals surface area contributed by atoms with Gasteiger partial charge in [-0.3, -0.25) is 4.79 Å². The quantitative estimate of drug-likeness (QED) is 0.687. The number of rotatable bonds is 1. The first kappa shape index (κ1) is 11.7. The smallest absolute Gasteiger partial charge is 0.221 e. The number of fused-ring (bicyclic) bond motifs is 3. The van der Waals surface area contributed by atoms with Gasteiger partial charge in [0.2, 0.25) is 5.91 Å². The van der Waals surface area contributed by atoms with E-state index in [0.29, 0.717) is 0 Å². The summed E-state index contributed by atoms with van der Waals surface area (Å²) in [6, 6.07) is 12.4. The Bertz CT molecular complexity index is 763. The minimum atomic E-state index is -0.0606. The number of thiophene rings is 1. The molecule has 4 heteroatoms. The third-order valence-corrected chi connectivity index (χ3v) is 4.57.